The van der Waals surface area contributed by atoms with Crippen LogP contribution in [0, 0.1) is 6.92 Å². The first-order valence-corrected chi connectivity index (χ1v) is 6.88. The lowest BCUT2D eigenvalue weighted by molar-refractivity contribution is 0.514. The highest BCUT2D eigenvalue weighted by molar-refractivity contribution is 5.77. The zero-order valence-electron chi connectivity index (χ0n) is 11.7. The van der Waals surface area contributed by atoms with Gasteiger partial charge in [0, 0.05) is 19.5 Å². The van der Waals surface area contributed by atoms with Gasteiger partial charge in [0.1, 0.15) is 5.52 Å². The molecule has 5 nitrogen and oxygen atoms in total. The second-order valence-electron chi connectivity index (χ2n) is 5.56. The summed E-state index contributed by atoms with van der Waals surface area (Å²) in [7, 11) is 1.95. The van der Waals surface area contributed by atoms with E-state index in [4.69, 9.17) is 5.73 Å². The van der Waals surface area contributed by atoms with Crippen molar-refractivity contribution >= 4 is 17.1 Å². The highest BCUT2D eigenvalue weighted by Crippen LogP contribution is 2.37. The maximum Gasteiger partial charge on any atom is 0.202 e. The number of hydrogen-bond acceptors (Lipinski definition) is 3. The number of benzene rings is 1. The van der Waals surface area contributed by atoms with Crippen molar-refractivity contribution in [1.82, 2.24) is 19.3 Å². The van der Waals surface area contributed by atoms with E-state index in [2.05, 4.69) is 38.9 Å². The lowest BCUT2D eigenvalue weighted by Crippen LogP contribution is -2.23. The molecular weight excluding hydrogens is 250 g/mol. The van der Waals surface area contributed by atoms with Crippen molar-refractivity contribution in [2.45, 2.75) is 25.8 Å². The maximum atomic E-state index is 6.09. The summed E-state index contributed by atoms with van der Waals surface area (Å²) in [4.78, 5) is 4.46. The Morgan fingerprint density at radius 1 is 1.35 bits per heavy atom. The minimum absolute atomic E-state index is 0.529. The van der Waals surface area contributed by atoms with Gasteiger partial charge in [-0.1, -0.05) is 24.3 Å². The highest BCUT2D eigenvalue weighted by atomic mass is 15.3. The Kier molecular flexibility index (Phi) is 2.22. The van der Waals surface area contributed by atoms with Crippen molar-refractivity contribution in [3.8, 4) is 0 Å². The predicted octanol–water partition coefficient (Wildman–Crippen LogP) is 2.00. The fourth-order valence-corrected chi connectivity index (χ4v) is 3.28. The van der Waals surface area contributed by atoms with Gasteiger partial charge in [-0.2, -0.15) is 5.10 Å². The van der Waals surface area contributed by atoms with Gasteiger partial charge in [-0.3, -0.25) is 9.25 Å². The van der Waals surface area contributed by atoms with Gasteiger partial charge in [-0.05, 0) is 24.5 Å². The molecule has 4 rings (SSSR count). The van der Waals surface area contributed by atoms with E-state index in [0.29, 0.717) is 11.9 Å². The first-order valence-electron chi connectivity index (χ1n) is 6.88. The molecule has 102 valence electrons. The van der Waals surface area contributed by atoms with Crippen LogP contribution in [0.25, 0.3) is 11.2 Å². The van der Waals surface area contributed by atoms with Gasteiger partial charge in [0.05, 0.1) is 5.69 Å². The summed E-state index contributed by atoms with van der Waals surface area (Å²) < 4.78 is 3.97. The molecular formula is C15H17N5. The van der Waals surface area contributed by atoms with Crippen molar-refractivity contribution in [2.75, 3.05) is 5.73 Å². The number of nitrogen functional groups attached to an aromatic ring is 1. The van der Waals surface area contributed by atoms with Crippen LogP contribution in [0.5, 0.6) is 0 Å². The number of aryl methyl sites for hydroxylation is 2. The van der Waals surface area contributed by atoms with Crippen LogP contribution in [0.1, 0.15) is 22.7 Å². The molecule has 1 unspecified atom stereocenters. The molecule has 0 saturated heterocycles. The largest absolute Gasteiger partial charge is 0.369 e. The van der Waals surface area contributed by atoms with Crippen LogP contribution in [0.4, 0.5) is 5.95 Å². The summed E-state index contributed by atoms with van der Waals surface area (Å²) in [5.74, 6) is 1.11. The van der Waals surface area contributed by atoms with Crippen LogP contribution < -0.4 is 5.73 Å². The Balaban J connectivity index is 1.76. The van der Waals surface area contributed by atoms with Crippen molar-refractivity contribution in [1.29, 1.82) is 0 Å². The van der Waals surface area contributed by atoms with Crippen molar-refractivity contribution in [2.24, 2.45) is 7.05 Å². The number of fused-ring (bicyclic) bond motifs is 2. The van der Waals surface area contributed by atoms with Crippen molar-refractivity contribution < 1.29 is 0 Å². The number of imidazole rings is 1. The molecule has 0 aliphatic heterocycles. The summed E-state index contributed by atoms with van der Waals surface area (Å²) in [6.07, 6.45) is 1.12. The van der Waals surface area contributed by atoms with E-state index in [0.717, 1.165) is 29.8 Å². The molecule has 1 atom stereocenters. The molecule has 2 heterocycles. The molecule has 5 heteroatoms. The lowest BCUT2D eigenvalue weighted by Gasteiger charge is -2.30. The number of rotatable bonds is 2. The molecule has 0 saturated carbocycles. The summed E-state index contributed by atoms with van der Waals surface area (Å²) in [5, 5.41) is 4.43. The maximum absolute atomic E-state index is 6.09. The quantitative estimate of drug-likeness (QED) is 0.772. The molecule has 0 radical (unpaired) electrons. The number of nitrogens with two attached hydrogens (primary N) is 1. The SMILES string of the molecule is Cc1nn(C)c2c1nc(N)n2CC1Cc2ccccc21. The Hall–Kier alpha value is -2.30. The van der Waals surface area contributed by atoms with Gasteiger partial charge in [0.2, 0.25) is 5.95 Å². The van der Waals surface area contributed by atoms with Gasteiger partial charge in [0.15, 0.2) is 5.65 Å². The van der Waals surface area contributed by atoms with Gasteiger partial charge < -0.3 is 5.73 Å². The molecule has 0 spiro atoms. The molecule has 20 heavy (non-hydrogen) atoms. The van der Waals surface area contributed by atoms with Gasteiger partial charge in [-0.15, -0.1) is 0 Å². The van der Waals surface area contributed by atoms with Crippen LogP contribution >= 0.6 is 0 Å². The molecule has 0 fully saturated rings. The smallest absolute Gasteiger partial charge is 0.202 e. The predicted molar refractivity (Wildman–Crippen MR) is 78.5 cm³/mol. The van der Waals surface area contributed by atoms with E-state index in [1.165, 1.54) is 11.1 Å². The van der Waals surface area contributed by atoms with E-state index in [9.17, 15) is 0 Å². The van der Waals surface area contributed by atoms with E-state index >= 15 is 0 Å². The van der Waals surface area contributed by atoms with Crippen LogP contribution in [0.15, 0.2) is 24.3 Å². The minimum Gasteiger partial charge on any atom is -0.369 e. The normalized spacial score (nSPS) is 17.2. The summed E-state index contributed by atoms with van der Waals surface area (Å²) in [6.45, 7) is 2.84. The summed E-state index contributed by atoms with van der Waals surface area (Å²) >= 11 is 0. The molecule has 2 aromatic heterocycles. The third kappa shape index (κ3) is 1.43. The monoisotopic (exact) mass is 267 g/mol. The van der Waals surface area contributed by atoms with E-state index in [-0.39, 0.29) is 0 Å². The van der Waals surface area contributed by atoms with Crippen LogP contribution in [-0.4, -0.2) is 19.3 Å². The van der Waals surface area contributed by atoms with E-state index < -0.39 is 0 Å². The van der Waals surface area contributed by atoms with Gasteiger partial charge in [0.25, 0.3) is 0 Å². The lowest BCUT2D eigenvalue weighted by atomic mass is 9.77. The number of hydrogen-bond donors (Lipinski definition) is 1. The number of anilines is 1. The molecule has 1 aliphatic rings. The number of aromatic nitrogens is 4. The Bertz CT molecular complexity index is 811. The first-order chi connectivity index (χ1) is 9.65. The second kappa shape index (κ2) is 3.85. The van der Waals surface area contributed by atoms with E-state index in [1.54, 1.807) is 0 Å². The topological polar surface area (TPSA) is 61.7 Å². The average Bonchev–Trinajstić information content (AvgIpc) is 2.86. The fraction of sp³-hybridized carbons (Fsp3) is 0.333. The van der Waals surface area contributed by atoms with Gasteiger partial charge >= 0.3 is 0 Å². The Labute approximate surface area is 117 Å². The highest BCUT2D eigenvalue weighted by Gasteiger charge is 2.27. The Morgan fingerprint density at radius 3 is 2.95 bits per heavy atom. The standard InChI is InChI=1S/C15H17N5/c1-9-13-14(19(2)18-9)20(15(16)17-13)8-11-7-10-5-3-4-6-12(10)11/h3-6,11H,7-8H2,1-2H3,(H2,16,17). The zero-order valence-corrected chi connectivity index (χ0v) is 11.7. The third-order valence-electron chi connectivity index (χ3n) is 4.28. The third-order valence-corrected chi connectivity index (χ3v) is 4.28. The average molecular weight is 267 g/mol. The molecule has 0 bridgehead atoms. The zero-order chi connectivity index (χ0) is 13.9. The van der Waals surface area contributed by atoms with E-state index in [1.807, 2.05) is 18.7 Å². The van der Waals surface area contributed by atoms with Crippen LogP contribution in [-0.2, 0) is 20.0 Å². The fourth-order valence-electron chi connectivity index (χ4n) is 3.28. The molecule has 0 amide bonds. The second-order valence-corrected chi connectivity index (χ2v) is 5.56. The van der Waals surface area contributed by atoms with Crippen molar-refractivity contribution in [3.63, 3.8) is 0 Å². The Morgan fingerprint density at radius 2 is 2.15 bits per heavy atom. The van der Waals surface area contributed by atoms with Crippen LogP contribution in [0.2, 0.25) is 0 Å². The number of nitrogens with zero attached hydrogens (tertiary/aromatic N) is 4. The van der Waals surface area contributed by atoms with Crippen molar-refractivity contribution in [3.05, 3.63) is 41.1 Å². The molecule has 1 aliphatic carbocycles. The van der Waals surface area contributed by atoms with Crippen LogP contribution in [0.3, 0.4) is 0 Å². The summed E-state index contributed by atoms with van der Waals surface area (Å²) in [5.41, 5.74) is 11.8. The molecule has 2 N–H and O–H groups in total. The molecule has 1 aromatic carbocycles. The van der Waals surface area contributed by atoms with Gasteiger partial charge in [-0.25, -0.2) is 4.98 Å². The first kappa shape index (κ1) is 11.5. The minimum atomic E-state index is 0.529. The molecule has 3 aromatic rings. The summed E-state index contributed by atoms with van der Waals surface area (Å²) in [6, 6.07) is 8.62.